The highest BCUT2D eigenvalue weighted by Gasteiger charge is 2.24. The highest BCUT2D eigenvalue weighted by atomic mass is 16.2. The van der Waals surface area contributed by atoms with Gasteiger partial charge < -0.3 is 4.90 Å². The number of likely N-dealkylation sites (tertiary alicyclic amines) is 1. The summed E-state index contributed by atoms with van der Waals surface area (Å²) >= 11 is 0. The van der Waals surface area contributed by atoms with Crippen molar-refractivity contribution in [2.45, 2.75) is 38.9 Å². The summed E-state index contributed by atoms with van der Waals surface area (Å²) in [5, 5.41) is 5.80. The van der Waals surface area contributed by atoms with Crippen LogP contribution in [-0.4, -0.2) is 50.1 Å². The second-order valence-corrected chi connectivity index (χ2v) is 7.84. The number of aryl methyl sites for hydroxylation is 1. The Balaban J connectivity index is 1.33. The van der Waals surface area contributed by atoms with Gasteiger partial charge in [0.15, 0.2) is 5.69 Å². The fraction of sp³-hybridized carbons (Fsp3) is 0.409. The average Bonchev–Trinajstić information content (AvgIpc) is 3.35. The van der Waals surface area contributed by atoms with Crippen LogP contribution < -0.4 is 0 Å². The van der Waals surface area contributed by atoms with Gasteiger partial charge in [-0.25, -0.2) is 0 Å². The number of nitrogens with zero attached hydrogens (tertiary/aromatic N) is 5. The summed E-state index contributed by atoms with van der Waals surface area (Å²) < 4.78 is 2.03. The molecule has 2 aromatic heterocycles. The van der Waals surface area contributed by atoms with Crippen LogP contribution in [0.15, 0.2) is 42.6 Å². The Morgan fingerprint density at radius 1 is 1.00 bits per heavy atom. The summed E-state index contributed by atoms with van der Waals surface area (Å²) in [7, 11) is 0. The molecule has 6 heteroatoms. The molecule has 2 aliphatic rings. The van der Waals surface area contributed by atoms with Gasteiger partial charge in [-0.1, -0.05) is 18.2 Å². The van der Waals surface area contributed by atoms with E-state index in [1.165, 1.54) is 10.9 Å². The van der Waals surface area contributed by atoms with Crippen molar-refractivity contribution in [3.05, 3.63) is 59.5 Å². The number of aromatic nitrogens is 3. The normalized spacial score (nSPS) is 17.6. The van der Waals surface area contributed by atoms with Gasteiger partial charge in [0, 0.05) is 50.9 Å². The third-order valence-corrected chi connectivity index (χ3v) is 5.76. The Morgan fingerprint density at radius 3 is 2.75 bits per heavy atom. The number of rotatable bonds is 3. The Kier molecular flexibility index (Phi) is 4.56. The zero-order valence-electron chi connectivity index (χ0n) is 16.0. The standard InChI is InChI=1S/C22H25N5O/c28-22(26-9-3-4-10-26)21-13-19-16-25(8-5-11-27(19)24-21)15-17-12-18-6-1-2-7-20(18)23-14-17/h1-2,6-7,12-14H,3-5,8-11,15-16H2. The second kappa shape index (κ2) is 7.36. The lowest BCUT2D eigenvalue weighted by atomic mass is 10.1. The SMILES string of the molecule is O=C(c1cc2n(n1)CCCN(Cc1cnc3ccccc3c1)C2)N1CCCC1. The number of hydrogen-bond donors (Lipinski definition) is 0. The maximum atomic E-state index is 12.7. The van der Waals surface area contributed by atoms with E-state index in [1.807, 2.05) is 34.0 Å². The molecule has 28 heavy (non-hydrogen) atoms. The first kappa shape index (κ1) is 17.4. The molecule has 0 aliphatic carbocycles. The third-order valence-electron chi connectivity index (χ3n) is 5.76. The average molecular weight is 375 g/mol. The van der Waals surface area contributed by atoms with E-state index in [2.05, 4.69) is 33.2 Å². The molecule has 5 rings (SSSR count). The van der Waals surface area contributed by atoms with Gasteiger partial charge in [0.05, 0.1) is 11.2 Å². The van der Waals surface area contributed by atoms with E-state index in [4.69, 9.17) is 0 Å². The van der Waals surface area contributed by atoms with Gasteiger partial charge in [-0.15, -0.1) is 0 Å². The molecule has 1 aromatic carbocycles. The number of para-hydroxylation sites is 1. The topological polar surface area (TPSA) is 54.3 Å². The van der Waals surface area contributed by atoms with Gasteiger partial charge in [-0.2, -0.15) is 5.10 Å². The van der Waals surface area contributed by atoms with E-state index in [0.717, 1.165) is 69.7 Å². The van der Waals surface area contributed by atoms with E-state index >= 15 is 0 Å². The molecule has 2 aliphatic heterocycles. The third kappa shape index (κ3) is 3.40. The fourth-order valence-electron chi connectivity index (χ4n) is 4.31. The number of benzene rings is 1. The van der Waals surface area contributed by atoms with Crippen LogP contribution in [-0.2, 0) is 19.6 Å². The predicted octanol–water partition coefficient (Wildman–Crippen LogP) is 3.07. The van der Waals surface area contributed by atoms with Gasteiger partial charge in [0.25, 0.3) is 5.91 Å². The Bertz CT molecular complexity index is 1010. The highest BCUT2D eigenvalue weighted by Crippen LogP contribution is 2.20. The van der Waals surface area contributed by atoms with Crippen molar-refractivity contribution in [3.63, 3.8) is 0 Å². The highest BCUT2D eigenvalue weighted by molar-refractivity contribution is 5.92. The largest absolute Gasteiger partial charge is 0.337 e. The molecule has 3 aromatic rings. The van der Waals surface area contributed by atoms with Crippen LogP contribution in [0.3, 0.4) is 0 Å². The van der Waals surface area contributed by atoms with Crippen LogP contribution >= 0.6 is 0 Å². The molecule has 0 unspecified atom stereocenters. The zero-order valence-corrected chi connectivity index (χ0v) is 16.0. The molecule has 4 heterocycles. The first-order valence-electron chi connectivity index (χ1n) is 10.2. The van der Waals surface area contributed by atoms with Gasteiger partial charge in [-0.05, 0) is 43.0 Å². The van der Waals surface area contributed by atoms with Crippen molar-refractivity contribution >= 4 is 16.8 Å². The van der Waals surface area contributed by atoms with Crippen molar-refractivity contribution in [1.29, 1.82) is 0 Å². The first-order valence-corrected chi connectivity index (χ1v) is 10.2. The summed E-state index contributed by atoms with van der Waals surface area (Å²) in [6.45, 7) is 5.29. The molecule has 144 valence electrons. The van der Waals surface area contributed by atoms with Gasteiger partial charge >= 0.3 is 0 Å². The number of pyridine rings is 1. The molecule has 0 N–H and O–H groups in total. The van der Waals surface area contributed by atoms with Crippen molar-refractivity contribution in [2.24, 2.45) is 0 Å². The molecule has 0 saturated carbocycles. The minimum absolute atomic E-state index is 0.0864. The van der Waals surface area contributed by atoms with Crippen LogP contribution in [0.5, 0.6) is 0 Å². The summed E-state index contributed by atoms with van der Waals surface area (Å²) in [4.78, 5) is 21.6. The monoisotopic (exact) mass is 375 g/mol. The molecule has 0 spiro atoms. The van der Waals surface area contributed by atoms with Crippen molar-refractivity contribution in [3.8, 4) is 0 Å². The molecular formula is C22H25N5O. The maximum absolute atomic E-state index is 12.7. The molecule has 1 fully saturated rings. The zero-order chi connectivity index (χ0) is 18.9. The smallest absolute Gasteiger partial charge is 0.274 e. The molecular weight excluding hydrogens is 350 g/mol. The van der Waals surface area contributed by atoms with Crippen molar-refractivity contribution in [1.82, 2.24) is 24.6 Å². The Labute approximate surface area is 164 Å². The first-order chi connectivity index (χ1) is 13.8. The summed E-state index contributed by atoms with van der Waals surface area (Å²) in [6.07, 6.45) is 5.22. The van der Waals surface area contributed by atoms with E-state index in [9.17, 15) is 4.79 Å². The lowest BCUT2D eigenvalue weighted by Gasteiger charge is -2.19. The van der Waals surface area contributed by atoms with Gasteiger partial charge in [0.2, 0.25) is 0 Å². The van der Waals surface area contributed by atoms with Gasteiger partial charge in [-0.3, -0.25) is 19.4 Å². The Hall–Kier alpha value is -2.73. The lowest BCUT2D eigenvalue weighted by Crippen LogP contribution is -2.28. The Morgan fingerprint density at radius 2 is 1.86 bits per heavy atom. The van der Waals surface area contributed by atoms with Crippen LogP contribution in [0.2, 0.25) is 0 Å². The summed E-state index contributed by atoms with van der Waals surface area (Å²) in [5.41, 5.74) is 3.99. The van der Waals surface area contributed by atoms with Gasteiger partial charge in [0.1, 0.15) is 0 Å². The number of amides is 1. The van der Waals surface area contributed by atoms with Crippen LogP contribution in [0, 0.1) is 0 Å². The van der Waals surface area contributed by atoms with E-state index in [-0.39, 0.29) is 5.91 Å². The van der Waals surface area contributed by atoms with Crippen LogP contribution in [0.1, 0.15) is 41.0 Å². The predicted molar refractivity (Wildman–Crippen MR) is 108 cm³/mol. The molecule has 6 nitrogen and oxygen atoms in total. The van der Waals surface area contributed by atoms with Crippen LogP contribution in [0.25, 0.3) is 10.9 Å². The second-order valence-electron chi connectivity index (χ2n) is 7.84. The minimum atomic E-state index is 0.0864. The summed E-state index contributed by atoms with van der Waals surface area (Å²) in [6, 6.07) is 12.5. The van der Waals surface area contributed by atoms with Crippen molar-refractivity contribution in [2.75, 3.05) is 19.6 Å². The molecule has 0 radical (unpaired) electrons. The van der Waals surface area contributed by atoms with Crippen LogP contribution in [0.4, 0.5) is 0 Å². The van der Waals surface area contributed by atoms with E-state index in [0.29, 0.717) is 5.69 Å². The molecule has 1 amide bonds. The quantitative estimate of drug-likeness (QED) is 0.706. The fourth-order valence-corrected chi connectivity index (χ4v) is 4.31. The number of carbonyl (C=O) groups excluding carboxylic acids is 1. The molecule has 0 bridgehead atoms. The number of carbonyl (C=O) groups is 1. The van der Waals surface area contributed by atoms with E-state index in [1.54, 1.807) is 0 Å². The molecule has 1 saturated heterocycles. The number of fused-ring (bicyclic) bond motifs is 2. The number of hydrogen-bond acceptors (Lipinski definition) is 4. The summed E-state index contributed by atoms with van der Waals surface area (Å²) in [5.74, 6) is 0.0864. The van der Waals surface area contributed by atoms with Crippen molar-refractivity contribution < 1.29 is 4.79 Å². The molecule has 0 atom stereocenters. The van der Waals surface area contributed by atoms with E-state index < -0.39 is 0 Å². The maximum Gasteiger partial charge on any atom is 0.274 e. The lowest BCUT2D eigenvalue weighted by molar-refractivity contribution is 0.0786. The minimum Gasteiger partial charge on any atom is -0.337 e.